The van der Waals surface area contributed by atoms with Gasteiger partial charge in [-0.3, -0.25) is 0 Å². The largest absolute Gasteiger partial charge is 0.465 e. The number of hydrogen-bond acceptors (Lipinski definition) is 3. The van der Waals surface area contributed by atoms with Crippen LogP contribution in [0.4, 0.5) is 5.69 Å². The van der Waals surface area contributed by atoms with E-state index in [4.69, 9.17) is 34.8 Å². The van der Waals surface area contributed by atoms with Gasteiger partial charge in [-0.05, 0) is 42.0 Å². The minimum absolute atomic E-state index is 0.313. The minimum Gasteiger partial charge on any atom is -0.465 e. The standard InChI is InChI=1S/C15H12Cl3NO2/c1-21-15(20)13-7-12(2-3-14(13)18)19-8-9-4-10(16)6-11(17)5-9/h2-7,19H,8H2,1H3. The summed E-state index contributed by atoms with van der Waals surface area (Å²) in [6.07, 6.45) is 0. The maximum absolute atomic E-state index is 11.6. The third-order valence-corrected chi connectivity index (χ3v) is 3.56. The van der Waals surface area contributed by atoms with Gasteiger partial charge in [0, 0.05) is 22.3 Å². The molecule has 0 atom stereocenters. The molecule has 0 heterocycles. The van der Waals surface area contributed by atoms with Crippen LogP contribution in [0.1, 0.15) is 15.9 Å². The van der Waals surface area contributed by atoms with Crippen LogP contribution >= 0.6 is 34.8 Å². The molecule has 0 aliphatic rings. The highest BCUT2D eigenvalue weighted by molar-refractivity contribution is 6.34. The fraction of sp³-hybridized carbons (Fsp3) is 0.133. The lowest BCUT2D eigenvalue weighted by Crippen LogP contribution is -2.05. The number of ether oxygens (including phenoxy) is 1. The highest BCUT2D eigenvalue weighted by Gasteiger charge is 2.11. The number of nitrogens with one attached hydrogen (secondary N) is 1. The third kappa shape index (κ3) is 4.27. The quantitative estimate of drug-likeness (QED) is 0.789. The summed E-state index contributed by atoms with van der Waals surface area (Å²) >= 11 is 17.9. The molecule has 0 fully saturated rings. The van der Waals surface area contributed by atoms with Crippen LogP contribution in [0.25, 0.3) is 0 Å². The summed E-state index contributed by atoms with van der Waals surface area (Å²) in [5, 5.41) is 4.67. The zero-order valence-corrected chi connectivity index (χ0v) is 13.4. The number of anilines is 1. The molecule has 2 aromatic rings. The van der Waals surface area contributed by atoms with Crippen molar-refractivity contribution in [1.29, 1.82) is 0 Å². The van der Waals surface area contributed by atoms with Gasteiger partial charge in [-0.1, -0.05) is 34.8 Å². The number of hydrogen-bond donors (Lipinski definition) is 1. The van der Waals surface area contributed by atoms with Gasteiger partial charge in [0.05, 0.1) is 17.7 Å². The summed E-state index contributed by atoms with van der Waals surface area (Å²) in [6, 6.07) is 10.4. The second-order valence-corrected chi connectivity index (χ2v) is 5.60. The Balaban J connectivity index is 2.15. The zero-order valence-electron chi connectivity index (χ0n) is 11.1. The fourth-order valence-electron chi connectivity index (χ4n) is 1.82. The van der Waals surface area contributed by atoms with Crippen molar-refractivity contribution in [3.63, 3.8) is 0 Å². The highest BCUT2D eigenvalue weighted by Crippen LogP contribution is 2.23. The second kappa shape index (κ2) is 7.03. The Kier molecular flexibility index (Phi) is 5.34. The topological polar surface area (TPSA) is 38.3 Å². The van der Waals surface area contributed by atoms with Crippen molar-refractivity contribution in [3.8, 4) is 0 Å². The summed E-state index contributed by atoms with van der Waals surface area (Å²) in [5.41, 5.74) is 1.99. The minimum atomic E-state index is -0.477. The van der Waals surface area contributed by atoms with E-state index in [1.807, 2.05) is 12.1 Å². The van der Waals surface area contributed by atoms with Crippen molar-refractivity contribution in [1.82, 2.24) is 0 Å². The average molecular weight is 345 g/mol. The van der Waals surface area contributed by atoms with E-state index < -0.39 is 5.97 Å². The number of benzene rings is 2. The van der Waals surface area contributed by atoms with Crippen molar-refractivity contribution in [2.24, 2.45) is 0 Å². The first-order chi connectivity index (χ1) is 9.99. The lowest BCUT2D eigenvalue weighted by molar-refractivity contribution is 0.0601. The number of carbonyl (C=O) groups excluding carboxylic acids is 1. The van der Waals surface area contributed by atoms with Crippen LogP contribution in [0, 0.1) is 0 Å². The van der Waals surface area contributed by atoms with Crippen LogP contribution in [0.3, 0.4) is 0 Å². The van der Waals surface area contributed by atoms with Gasteiger partial charge in [-0.25, -0.2) is 4.79 Å². The molecule has 0 aliphatic heterocycles. The molecule has 0 radical (unpaired) electrons. The van der Waals surface area contributed by atoms with E-state index >= 15 is 0 Å². The van der Waals surface area contributed by atoms with E-state index in [-0.39, 0.29) is 0 Å². The molecule has 2 aromatic carbocycles. The number of esters is 1. The van der Waals surface area contributed by atoms with E-state index in [0.29, 0.717) is 27.2 Å². The van der Waals surface area contributed by atoms with Gasteiger partial charge in [0.25, 0.3) is 0 Å². The maximum Gasteiger partial charge on any atom is 0.339 e. The molecule has 0 aliphatic carbocycles. The van der Waals surface area contributed by atoms with Crippen LogP contribution < -0.4 is 5.32 Å². The monoisotopic (exact) mass is 343 g/mol. The van der Waals surface area contributed by atoms with Crippen molar-refractivity contribution < 1.29 is 9.53 Å². The Bertz CT molecular complexity index is 654. The molecule has 0 saturated heterocycles. The summed E-state index contributed by atoms with van der Waals surface area (Å²) < 4.78 is 4.68. The summed E-state index contributed by atoms with van der Waals surface area (Å²) in [5.74, 6) is -0.477. The first kappa shape index (κ1) is 16.0. The Hall–Kier alpha value is -1.42. The van der Waals surface area contributed by atoms with Crippen molar-refractivity contribution >= 4 is 46.5 Å². The number of carbonyl (C=O) groups is 1. The summed E-state index contributed by atoms with van der Waals surface area (Å²) in [4.78, 5) is 11.6. The third-order valence-electron chi connectivity index (χ3n) is 2.79. The molecule has 0 bridgehead atoms. The highest BCUT2D eigenvalue weighted by atomic mass is 35.5. The maximum atomic E-state index is 11.6. The van der Waals surface area contributed by atoms with Crippen LogP contribution in [0.2, 0.25) is 15.1 Å². The lowest BCUT2D eigenvalue weighted by Gasteiger charge is -2.10. The van der Waals surface area contributed by atoms with Crippen LogP contribution in [-0.4, -0.2) is 13.1 Å². The van der Waals surface area contributed by atoms with Gasteiger partial charge in [-0.2, -0.15) is 0 Å². The molecular formula is C15H12Cl3NO2. The predicted octanol–water partition coefficient (Wildman–Crippen LogP) is 5.05. The van der Waals surface area contributed by atoms with Crippen LogP contribution in [-0.2, 0) is 11.3 Å². The summed E-state index contributed by atoms with van der Waals surface area (Å²) in [7, 11) is 1.31. The van der Waals surface area contributed by atoms with E-state index in [0.717, 1.165) is 11.3 Å². The molecule has 0 unspecified atom stereocenters. The number of rotatable bonds is 4. The Labute approximate surface area is 137 Å². The van der Waals surface area contributed by atoms with Gasteiger partial charge in [0.15, 0.2) is 0 Å². The summed E-state index contributed by atoms with van der Waals surface area (Å²) in [6.45, 7) is 0.516. The van der Waals surface area contributed by atoms with E-state index in [1.165, 1.54) is 7.11 Å². The van der Waals surface area contributed by atoms with Crippen molar-refractivity contribution in [2.45, 2.75) is 6.54 Å². The SMILES string of the molecule is COC(=O)c1cc(NCc2cc(Cl)cc(Cl)c2)ccc1Cl. The fourth-order valence-corrected chi connectivity index (χ4v) is 2.58. The van der Waals surface area contributed by atoms with Crippen molar-refractivity contribution in [3.05, 3.63) is 62.6 Å². The first-order valence-electron chi connectivity index (χ1n) is 6.06. The molecule has 1 N–H and O–H groups in total. The molecule has 0 saturated carbocycles. The second-order valence-electron chi connectivity index (χ2n) is 4.32. The first-order valence-corrected chi connectivity index (χ1v) is 7.19. The molecular weight excluding hydrogens is 333 g/mol. The Morgan fingerprint density at radius 1 is 1.10 bits per heavy atom. The van der Waals surface area contributed by atoms with Crippen LogP contribution in [0.5, 0.6) is 0 Å². The molecule has 2 rings (SSSR count). The van der Waals surface area contributed by atoms with Gasteiger partial charge in [-0.15, -0.1) is 0 Å². The molecule has 0 aromatic heterocycles. The molecule has 110 valence electrons. The predicted molar refractivity (Wildman–Crippen MR) is 86.6 cm³/mol. The zero-order chi connectivity index (χ0) is 15.4. The van der Waals surface area contributed by atoms with Gasteiger partial charge in [0.1, 0.15) is 0 Å². The van der Waals surface area contributed by atoms with Gasteiger partial charge >= 0.3 is 5.97 Å². The van der Waals surface area contributed by atoms with E-state index in [2.05, 4.69) is 10.1 Å². The molecule has 3 nitrogen and oxygen atoms in total. The van der Waals surface area contributed by atoms with Crippen LogP contribution in [0.15, 0.2) is 36.4 Å². The average Bonchev–Trinajstić information content (AvgIpc) is 2.44. The van der Waals surface area contributed by atoms with E-state index in [9.17, 15) is 4.79 Å². The Morgan fingerprint density at radius 3 is 2.38 bits per heavy atom. The lowest BCUT2D eigenvalue weighted by atomic mass is 10.2. The van der Waals surface area contributed by atoms with E-state index in [1.54, 1.807) is 24.3 Å². The Morgan fingerprint density at radius 2 is 1.76 bits per heavy atom. The number of methoxy groups -OCH3 is 1. The van der Waals surface area contributed by atoms with Crippen molar-refractivity contribution in [2.75, 3.05) is 12.4 Å². The molecule has 21 heavy (non-hydrogen) atoms. The molecule has 0 spiro atoms. The smallest absolute Gasteiger partial charge is 0.339 e. The van der Waals surface area contributed by atoms with Gasteiger partial charge in [0.2, 0.25) is 0 Å². The molecule has 6 heteroatoms. The van der Waals surface area contributed by atoms with Gasteiger partial charge < -0.3 is 10.1 Å². The normalized spacial score (nSPS) is 10.3. The molecule has 0 amide bonds. The number of halogens is 3.